The number of hydrogen-bond donors (Lipinski definition) is 1. The fourth-order valence-electron chi connectivity index (χ4n) is 3.00. The molecular formula is C16H28N2S. The third-order valence-electron chi connectivity index (χ3n) is 4.35. The maximum absolute atomic E-state index is 4.88. The Morgan fingerprint density at radius 2 is 2.00 bits per heavy atom. The lowest BCUT2D eigenvalue weighted by molar-refractivity contribution is 0.232. The van der Waals surface area contributed by atoms with Gasteiger partial charge in [0.2, 0.25) is 0 Å². The van der Waals surface area contributed by atoms with Crippen LogP contribution in [0, 0.1) is 11.8 Å². The number of thiazole rings is 1. The highest BCUT2D eigenvalue weighted by atomic mass is 32.1. The van der Waals surface area contributed by atoms with Crippen molar-refractivity contribution in [1.82, 2.24) is 10.3 Å². The SMILES string of the molecule is CCNC(c1nc(C(C)C)cs1)C1CCC(C)CC1. The summed E-state index contributed by atoms with van der Waals surface area (Å²) in [5, 5.41) is 7.24. The van der Waals surface area contributed by atoms with Crippen molar-refractivity contribution in [3.8, 4) is 0 Å². The van der Waals surface area contributed by atoms with Gasteiger partial charge in [-0.1, -0.05) is 40.5 Å². The van der Waals surface area contributed by atoms with Crippen molar-refractivity contribution in [3.05, 3.63) is 16.1 Å². The lowest BCUT2D eigenvalue weighted by atomic mass is 9.79. The lowest BCUT2D eigenvalue weighted by Gasteiger charge is -2.32. The fraction of sp³-hybridized carbons (Fsp3) is 0.812. The Morgan fingerprint density at radius 3 is 2.53 bits per heavy atom. The Labute approximate surface area is 122 Å². The van der Waals surface area contributed by atoms with Gasteiger partial charge in [0.15, 0.2) is 0 Å². The number of hydrogen-bond acceptors (Lipinski definition) is 3. The van der Waals surface area contributed by atoms with Crippen LogP contribution in [0.15, 0.2) is 5.38 Å². The van der Waals surface area contributed by atoms with Gasteiger partial charge < -0.3 is 5.32 Å². The maximum Gasteiger partial charge on any atom is 0.110 e. The Morgan fingerprint density at radius 1 is 1.32 bits per heavy atom. The van der Waals surface area contributed by atoms with Crippen molar-refractivity contribution >= 4 is 11.3 Å². The molecule has 1 unspecified atom stereocenters. The molecule has 0 amide bonds. The molecule has 0 aromatic carbocycles. The molecule has 1 atom stereocenters. The van der Waals surface area contributed by atoms with Crippen LogP contribution < -0.4 is 5.32 Å². The lowest BCUT2D eigenvalue weighted by Crippen LogP contribution is -2.30. The van der Waals surface area contributed by atoms with Crippen molar-refractivity contribution in [2.24, 2.45) is 11.8 Å². The molecule has 0 saturated heterocycles. The molecule has 1 aliphatic carbocycles. The zero-order valence-corrected chi connectivity index (χ0v) is 13.6. The number of rotatable bonds is 5. The van der Waals surface area contributed by atoms with E-state index in [4.69, 9.17) is 4.98 Å². The molecule has 1 N–H and O–H groups in total. The van der Waals surface area contributed by atoms with E-state index in [-0.39, 0.29) is 0 Å². The minimum atomic E-state index is 0.481. The van der Waals surface area contributed by atoms with Gasteiger partial charge in [-0.3, -0.25) is 0 Å². The average molecular weight is 280 g/mol. The zero-order chi connectivity index (χ0) is 13.8. The van der Waals surface area contributed by atoms with Crippen molar-refractivity contribution < 1.29 is 0 Å². The number of aromatic nitrogens is 1. The minimum Gasteiger partial charge on any atom is -0.308 e. The maximum atomic E-state index is 4.88. The van der Waals surface area contributed by atoms with Gasteiger partial charge >= 0.3 is 0 Å². The second kappa shape index (κ2) is 6.85. The Kier molecular flexibility index (Phi) is 5.40. The number of nitrogens with one attached hydrogen (secondary N) is 1. The highest BCUT2D eigenvalue weighted by molar-refractivity contribution is 7.09. The van der Waals surface area contributed by atoms with E-state index >= 15 is 0 Å². The molecule has 0 spiro atoms. The summed E-state index contributed by atoms with van der Waals surface area (Å²) in [7, 11) is 0. The molecule has 0 aliphatic heterocycles. The molecule has 0 bridgehead atoms. The van der Waals surface area contributed by atoms with Crippen LogP contribution in [0.1, 0.15) is 76.0 Å². The predicted molar refractivity (Wildman–Crippen MR) is 83.7 cm³/mol. The molecule has 1 saturated carbocycles. The summed E-state index contributed by atoms with van der Waals surface area (Å²) >= 11 is 1.85. The quantitative estimate of drug-likeness (QED) is 0.842. The summed E-state index contributed by atoms with van der Waals surface area (Å²) in [5.74, 6) is 2.24. The standard InChI is InChI=1S/C16H28N2S/c1-5-17-15(13-8-6-12(4)7-9-13)16-18-14(10-19-16)11(2)3/h10-13,15,17H,5-9H2,1-4H3. The highest BCUT2D eigenvalue weighted by Crippen LogP contribution is 2.38. The largest absolute Gasteiger partial charge is 0.308 e. The van der Waals surface area contributed by atoms with Crippen LogP contribution >= 0.6 is 11.3 Å². The van der Waals surface area contributed by atoms with E-state index in [1.54, 1.807) is 0 Å². The second-order valence-corrected chi connectivity index (χ2v) is 7.21. The molecule has 1 aliphatic rings. The third-order valence-corrected chi connectivity index (χ3v) is 5.30. The number of nitrogens with zero attached hydrogens (tertiary/aromatic N) is 1. The average Bonchev–Trinajstić information content (AvgIpc) is 2.87. The molecular weight excluding hydrogens is 252 g/mol. The van der Waals surface area contributed by atoms with E-state index in [0.717, 1.165) is 18.4 Å². The van der Waals surface area contributed by atoms with Gasteiger partial charge in [-0.05, 0) is 37.1 Å². The fourth-order valence-corrected chi connectivity index (χ4v) is 4.15. The Bertz CT molecular complexity index is 378. The van der Waals surface area contributed by atoms with Crippen LogP contribution in [0.4, 0.5) is 0 Å². The summed E-state index contributed by atoms with van der Waals surface area (Å²) in [6.07, 6.45) is 5.48. The van der Waals surface area contributed by atoms with Crippen LogP contribution in [0.2, 0.25) is 0 Å². The van der Waals surface area contributed by atoms with Crippen LogP contribution in [0.25, 0.3) is 0 Å². The van der Waals surface area contributed by atoms with E-state index in [9.17, 15) is 0 Å². The summed E-state index contributed by atoms with van der Waals surface area (Å²) in [5.41, 5.74) is 1.26. The highest BCUT2D eigenvalue weighted by Gasteiger charge is 2.28. The van der Waals surface area contributed by atoms with Gasteiger partial charge in [-0.15, -0.1) is 11.3 Å². The van der Waals surface area contributed by atoms with Gasteiger partial charge in [0.05, 0.1) is 11.7 Å². The first kappa shape index (κ1) is 15.0. The minimum absolute atomic E-state index is 0.481. The van der Waals surface area contributed by atoms with Crippen molar-refractivity contribution in [3.63, 3.8) is 0 Å². The first-order chi connectivity index (χ1) is 9.11. The summed E-state index contributed by atoms with van der Waals surface area (Å²) in [6, 6.07) is 0.481. The normalized spacial score (nSPS) is 25.7. The topological polar surface area (TPSA) is 24.9 Å². The molecule has 1 aromatic rings. The second-order valence-electron chi connectivity index (χ2n) is 6.32. The molecule has 0 radical (unpaired) electrons. The molecule has 3 heteroatoms. The van der Waals surface area contributed by atoms with Gasteiger partial charge in [-0.2, -0.15) is 0 Å². The molecule has 1 aromatic heterocycles. The molecule has 2 rings (SSSR count). The van der Waals surface area contributed by atoms with E-state index < -0.39 is 0 Å². The van der Waals surface area contributed by atoms with Gasteiger partial charge in [-0.25, -0.2) is 4.98 Å². The van der Waals surface area contributed by atoms with Crippen molar-refractivity contribution in [2.45, 2.75) is 65.3 Å². The molecule has 1 heterocycles. The summed E-state index contributed by atoms with van der Waals surface area (Å²) < 4.78 is 0. The monoisotopic (exact) mass is 280 g/mol. The van der Waals surface area contributed by atoms with Crippen LogP contribution in [0.5, 0.6) is 0 Å². The van der Waals surface area contributed by atoms with E-state index in [1.165, 1.54) is 36.4 Å². The van der Waals surface area contributed by atoms with Gasteiger partial charge in [0.25, 0.3) is 0 Å². The molecule has 108 valence electrons. The van der Waals surface area contributed by atoms with Crippen LogP contribution in [-0.2, 0) is 0 Å². The van der Waals surface area contributed by atoms with E-state index in [2.05, 4.69) is 38.4 Å². The first-order valence-corrected chi connectivity index (χ1v) is 8.68. The first-order valence-electron chi connectivity index (χ1n) is 7.80. The van der Waals surface area contributed by atoms with Gasteiger partial charge in [0.1, 0.15) is 5.01 Å². The van der Waals surface area contributed by atoms with Crippen LogP contribution in [-0.4, -0.2) is 11.5 Å². The smallest absolute Gasteiger partial charge is 0.110 e. The summed E-state index contributed by atoms with van der Waals surface area (Å²) in [6.45, 7) is 10.1. The van der Waals surface area contributed by atoms with Crippen LogP contribution in [0.3, 0.4) is 0 Å². The van der Waals surface area contributed by atoms with E-state index in [1.807, 2.05) is 11.3 Å². The van der Waals surface area contributed by atoms with Crippen molar-refractivity contribution in [1.29, 1.82) is 0 Å². The van der Waals surface area contributed by atoms with Gasteiger partial charge in [0, 0.05) is 5.38 Å². The summed E-state index contributed by atoms with van der Waals surface area (Å²) in [4.78, 5) is 4.88. The molecule has 19 heavy (non-hydrogen) atoms. The predicted octanol–water partition coefficient (Wildman–Crippen LogP) is 4.74. The van der Waals surface area contributed by atoms with Crippen molar-refractivity contribution in [2.75, 3.05) is 6.54 Å². The Hall–Kier alpha value is -0.410. The Balaban J connectivity index is 2.09. The third kappa shape index (κ3) is 3.79. The zero-order valence-electron chi connectivity index (χ0n) is 12.8. The molecule has 1 fully saturated rings. The molecule has 2 nitrogen and oxygen atoms in total. The van der Waals surface area contributed by atoms with E-state index in [0.29, 0.717) is 12.0 Å².